The number of hydrogen-bond acceptors (Lipinski definition) is 4. The van der Waals surface area contributed by atoms with Crippen LogP contribution in [-0.4, -0.2) is 34.0 Å². The van der Waals surface area contributed by atoms with E-state index in [2.05, 4.69) is 26.3 Å². The van der Waals surface area contributed by atoms with E-state index in [0.717, 1.165) is 21.3 Å². The Balaban J connectivity index is 2.26. The van der Waals surface area contributed by atoms with E-state index in [9.17, 15) is 4.79 Å². The summed E-state index contributed by atoms with van der Waals surface area (Å²) in [4.78, 5) is 12.5. The molecule has 7 heteroatoms. The summed E-state index contributed by atoms with van der Waals surface area (Å²) in [5.74, 6) is 0.0401. The van der Waals surface area contributed by atoms with E-state index in [1.54, 1.807) is 7.05 Å². The van der Waals surface area contributed by atoms with Gasteiger partial charge in [-0.1, -0.05) is 15.9 Å². The average molecular weight is 368 g/mol. The van der Waals surface area contributed by atoms with Gasteiger partial charge in [-0.15, -0.1) is 0 Å². The lowest BCUT2D eigenvalue weighted by Gasteiger charge is -2.12. The molecule has 0 saturated carbocycles. The van der Waals surface area contributed by atoms with Gasteiger partial charge in [-0.3, -0.25) is 9.48 Å². The molecule has 0 aliphatic carbocycles. The standard InChI is InChI=1S/C15H18BrN3O3/c1-9-7-12(10(2)6-11(9)16)18-15(21)14-13(22-5-4-20)8-17-19(14)3/h6-8,20H,4-5H2,1-3H3,(H,18,21). The number of nitrogens with zero attached hydrogens (tertiary/aromatic N) is 2. The van der Waals surface area contributed by atoms with Gasteiger partial charge in [0, 0.05) is 17.2 Å². The molecular weight excluding hydrogens is 350 g/mol. The van der Waals surface area contributed by atoms with E-state index in [0.29, 0.717) is 11.4 Å². The summed E-state index contributed by atoms with van der Waals surface area (Å²) in [6.45, 7) is 3.87. The molecule has 1 heterocycles. The third-order valence-corrected chi connectivity index (χ3v) is 4.08. The lowest BCUT2D eigenvalue weighted by Crippen LogP contribution is -2.18. The fourth-order valence-corrected chi connectivity index (χ4v) is 2.49. The Morgan fingerprint density at radius 1 is 1.41 bits per heavy atom. The Hall–Kier alpha value is -1.86. The highest BCUT2D eigenvalue weighted by atomic mass is 79.9. The van der Waals surface area contributed by atoms with E-state index < -0.39 is 0 Å². The molecule has 0 atom stereocenters. The van der Waals surface area contributed by atoms with Crippen molar-refractivity contribution in [2.24, 2.45) is 7.05 Å². The summed E-state index contributed by atoms with van der Waals surface area (Å²) < 4.78 is 7.78. The summed E-state index contributed by atoms with van der Waals surface area (Å²) >= 11 is 3.47. The number of aryl methyl sites for hydroxylation is 3. The number of hydrogen-bond donors (Lipinski definition) is 2. The number of aliphatic hydroxyl groups is 1. The van der Waals surface area contributed by atoms with Crippen molar-refractivity contribution >= 4 is 27.5 Å². The highest BCUT2D eigenvalue weighted by Crippen LogP contribution is 2.26. The molecule has 0 unspecified atom stereocenters. The Morgan fingerprint density at radius 2 is 2.14 bits per heavy atom. The SMILES string of the molecule is Cc1cc(NC(=O)c2c(OCCO)cnn2C)c(C)cc1Br. The van der Waals surface area contributed by atoms with Crippen LogP contribution in [-0.2, 0) is 7.05 Å². The first-order valence-corrected chi connectivity index (χ1v) is 7.57. The molecule has 0 spiro atoms. The third kappa shape index (κ3) is 3.48. The molecule has 2 rings (SSSR count). The highest BCUT2D eigenvalue weighted by Gasteiger charge is 2.19. The summed E-state index contributed by atoms with van der Waals surface area (Å²) in [5.41, 5.74) is 3.03. The van der Waals surface area contributed by atoms with Crippen molar-refractivity contribution in [2.75, 3.05) is 18.5 Å². The van der Waals surface area contributed by atoms with E-state index >= 15 is 0 Å². The van der Waals surface area contributed by atoms with Crippen molar-refractivity contribution in [1.29, 1.82) is 0 Å². The van der Waals surface area contributed by atoms with Crippen LogP contribution in [0.3, 0.4) is 0 Å². The van der Waals surface area contributed by atoms with Crippen molar-refractivity contribution in [3.63, 3.8) is 0 Å². The summed E-state index contributed by atoms with van der Waals surface area (Å²) in [5, 5.41) is 15.7. The predicted molar refractivity (Wildman–Crippen MR) is 87.4 cm³/mol. The van der Waals surface area contributed by atoms with Gasteiger partial charge in [0.1, 0.15) is 6.61 Å². The van der Waals surface area contributed by atoms with E-state index in [1.807, 2.05) is 26.0 Å². The van der Waals surface area contributed by atoms with Gasteiger partial charge in [0.2, 0.25) is 0 Å². The lowest BCUT2D eigenvalue weighted by molar-refractivity contribution is 0.101. The van der Waals surface area contributed by atoms with Crippen LogP contribution in [0.4, 0.5) is 5.69 Å². The minimum Gasteiger partial charge on any atom is -0.487 e. The number of ether oxygens (including phenoxy) is 1. The number of aromatic nitrogens is 2. The Bertz CT molecular complexity index is 698. The van der Waals surface area contributed by atoms with Crippen LogP contribution in [0.25, 0.3) is 0 Å². The number of benzene rings is 1. The number of carbonyl (C=O) groups is 1. The molecular formula is C15H18BrN3O3. The van der Waals surface area contributed by atoms with Crippen molar-refractivity contribution in [3.8, 4) is 5.75 Å². The minimum absolute atomic E-state index is 0.113. The van der Waals surface area contributed by atoms with Gasteiger partial charge in [0.05, 0.1) is 12.8 Å². The largest absolute Gasteiger partial charge is 0.487 e. The smallest absolute Gasteiger partial charge is 0.277 e. The highest BCUT2D eigenvalue weighted by molar-refractivity contribution is 9.10. The molecule has 1 amide bonds. The summed E-state index contributed by atoms with van der Waals surface area (Å²) in [7, 11) is 1.67. The van der Waals surface area contributed by atoms with E-state index in [-0.39, 0.29) is 19.1 Å². The van der Waals surface area contributed by atoms with Crippen LogP contribution in [0.2, 0.25) is 0 Å². The third-order valence-electron chi connectivity index (χ3n) is 3.22. The van der Waals surface area contributed by atoms with Gasteiger partial charge in [-0.2, -0.15) is 5.10 Å². The Morgan fingerprint density at radius 3 is 2.82 bits per heavy atom. The van der Waals surface area contributed by atoms with Crippen LogP contribution >= 0.6 is 15.9 Å². The van der Waals surface area contributed by atoms with Crippen LogP contribution in [0.1, 0.15) is 21.6 Å². The van der Waals surface area contributed by atoms with E-state index in [4.69, 9.17) is 9.84 Å². The second kappa shape index (κ2) is 6.93. The Labute approximate surface area is 137 Å². The quantitative estimate of drug-likeness (QED) is 0.850. The van der Waals surface area contributed by atoms with E-state index in [1.165, 1.54) is 10.9 Å². The maximum atomic E-state index is 12.5. The topological polar surface area (TPSA) is 76.4 Å². The molecule has 22 heavy (non-hydrogen) atoms. The Kier molecular flexibility index (Phi) is 5.20. The first-order chi connectivity index (χ1) is 10.4. The maximum absolute atomic E-state index is 12.5. The maximum Gasteiger partial charge on any atom is 0.277 e. The number of rotatable bonds is 5. The number of nitrogens with one attached hydrogen (secondary N) is 1. The van der Waals surface area contributed by atoms with Gasteiger partial charge in [-0.05, 0) is 37.1 Å². The lowest BCUT2D eigenvalue weighted by atomic mass is 10.1. The number of amides is 1. The molecule has 2 N–H and O–H groups in total. The molecule has 1 aromatic carbocycles. The van der Waals surface area contributed by atoms with Gasteiger partial charge < -0.3 is 15.2 Å². The number of anilines is 1. The molecule has 2 aromatic rings. The molecule has 0 aliphatic rings. The summed E-state index contributed by atoms with van der Waals surface area (Å²) in [6, 6.07) is 3.86. The molecule has 6 nitrogen and oxygen atoms in total. The second-order valence-electron chi connectivity index (χ2n) is 4.92. The van der Waals surface area contributed by atoms with Gasteiger partial charge in [-0.25, -0.2) is 0 Å². The minimum atomic E-state index is -0.308. The van der Waals surface area contributed by atoms with Gasteiger partial charge >= 0.3 is 0 Å². The van der Waals surface area contributed by atoms with Crippen LogP contribution < -0.4 is 10.1 Å². The van der Waals surface area contributed by atoms with Gasteiger partial charge in [0.15, 0.2) is 11.4 Å². The first-order valence-electron chi connectivity index (χ1n) is 6.77. The molecule has 0 saturated heterocycles. The van der Waals surface area contributed by atoms with Crippen LogP contribution in [0, 0.1) is 13.8 Å². The normalized spacial score (nSPS) is 10.6. The second-order valence-corrected chi connectivity index (χ2v) is 5.78. The molecule has 0 bridgehead atoms. The molecule has 1 aromatic heterocycles. The van der Waals surface area contributed by atoms with Crippen molar-refractivity contribution < 1.29 is 14.6 Å². The zero-order valence-electron chi connectivity index (χ0n) is 12.7. The zero-order chi connectivity index (χ0) is 16.3. The van der Waals surface area contributed by atoms with Gasteiger partial charge in [0.25, 0.3) is 5.91 Å². The fraction of sp³-hybridized carbons (Fsp3) is 0.333. The zero-order valence-corrected chi connectivity index (χ0v) is 14.3. The monoisotopic (exact) mass is 367 g/mol. The molecule has 0 fully saturated rings. The average Bonchev–Trinajstić information content (AvgIpc) is 2.83. The fourth-order valence-electron chi connectivity index (χ4n) is 2.03. The predicted octanol–water partition coefficient (Wildman–Crippen LogP) is 2.42. The number of aliphatic hydroxyl groups excluding tert-OH is 1. The summed E-state index contributed by atoms with van der Waals surface area (Å²) in [6.07, 6.45) is 1.46. The molecule has 118 valence electrons. The first kappa shape index (κ1) is 16.5. The van der Waals surface area contributed by atoms with Crippen LogP contribution in [0.5, 0.6) is 5.75 Å². The number of carbonyl (C=O) groups excluding carboxylic acids is 1. The number of halogens is 1. The molecule has 0 radical (unpaired) electrons. The van der Waals surface area contributed by atoms with Crippen molar-refractivity contribution in [1.82, 2.24) is 9.78 Å². The van der Waals surface area contributed by atoms with Crippen molar-refractivity contribution in [2.45, 2.75) is 13.8 Å². The van der Waals surface area contributed by atoms with Crippen molar-refractivity contribution in [3.05, 3.63) is 39.6 Å². The molecule has 0 aliphatic heterocycles. The van der Waals surface area contributed by atoms with Crippen LogP contribution in [0.15, 0.2) is 22.8 Å².